The number of nitrogens with zero attached hydrogens (tertiary/aromatic N) is 1. The second-order valence-electron chi connectivity index (χ2n) is 6.92. The van der Waals surface area contributed by atoms with Gasteiger partial charge in [0.15, 0.2) is 0 Å². The summed E-state index contributed by atoms with van der Waals surface area (Å²) >= 11 is 0. The van der Waals surface area contributed by atoms with Crippen molar-refractivity contribution in [3.8, 4) is 0 Å². The third kappa shape index (κ3) is 4.33. The lowest BCUT2D eigenvalue weighted by Gasteiger charge is -2.53. The Balaban J connectivity index is 1.41. The average molecular weight is 356 g/mol. The lowest BCUT2D eigenvalue weighted by molar-refractivity contribution is -0.181. The molecule has 0 aliphatic carbocycles. The number of rotatable bonds is 6. The number of sulfonamides is 1. The zero-order valence-electron chi connectivity index (χ0n) is 14.0. The summed E-state index contributed by atoms with van der Waals surface area (Å²) in [4.78, 5) is 2.30. The second kappa shape index (κ2) is 7.07. The van der Waals surface area contributed by atoms with Gasteiger partial charge in [-0.15, -0.1) is 0 Å². The molecule has 1 spiro atoms. The Bertz CT molecular complexity index is 647. The molecule has 1 unspecified atom stereocenters. The van der Waals surface area contributed by atoms with E-state index in [1.54, 1.807) is 6.92 Å². The Morgan fingerprint density at radius 3 is 2.62 bits per heavy atom. The number of hydrogen-bond acceptors (Lipinski definition) is 4. The Morgan fingerprint density at radius 1 is 1.33 bits per heavy atom. The largest absolute Gasteiger partial charge is 0.372 e. The van der Waals surface area contributed by atoms with Crippen molar-refractivity contribution in [2.75, 3.05) is 32.0 Å². The molecule has 2 aliphatic rings. The van der Waals surface area contributed by atoms with Gasteiger partial charge in [0.25, 0.3) is 0 Å². The summed E-state index contributed by atoms with van der Waals surface area (Å²) < 4.78 is 44.6. The fraction of sp³-hybridized carbons (Fsp3) is 0.647. The van der Waals surface area contributed by atoms with Crippen LogP contribution in [0.4, 0.5) is 4.39 Å². The predicted octanol–water partition coefficient (Wildman–Crippen LogP) is 1.75. The third-order valence-electron chi connectivity index (χ3n) is 4.95. The first-order valence-electron chi connectivity index (χ1n) is 8.48. The number of likely N-dealkylation sites (tertiary alicyclic amines) is 1. The monoisotopic (exact) mass is 356 g/mol. The highest BCUT2D eigenvalue weighted by atomic mass is 32.2. The molecule has 2 heterocycles. The van der Waals surface area contributed by atoms with E-state index in [0.717, 1.165) is 38.0 Å². The molecule has 2 saturated heterocycles. The van der Waals surface area contributed by atoms with Gasteiger partial charge in [0.1, 0.15) is 5.82 Å². The van der Waals surface area contributed by atoms with Crippen molar-refractivity contribution in [1.82, 2.24) is 9.62 Å². The topological polar surface area (TPSA) is 58.6 Å². The summed E-state index contributed by atoms with van der Waals surface area (Å²) in [6.45, 7) is 5.29. The van der Waals surface area contributed by atoms with E-state index in [9.17, 15) is 12.8 Å². The fourth-order valence-electron chi connectivity index (χ4n) is 3.40. The van der Waals surface area contributed by atoms with Gasteiger partial charge in [0.05, 0.1) is 18.0 Å². The van der Waals surface area contributed by atoms with E-state index < -0.39 is 10.0 Å². The molecule has 3 rings (SSSR count). The number of hydrogen-bond donors (Lipinski definition) is 1. The molecule has 1 atom stereocenters. The molecule has 24 heavy (non-hydrogen) atoms. The van der Waals surface area contributed by atoms with Gasteiger partial charge in [-0.2, -0.15) is 0 Å². The average Bonchev–Trinajstić information content (AvgIpc) is 2.55. The maximum atomic E-state index is 12.9. The van der Waals surface area contributed by atoms with Crippen LogP contribution >= 0.6 is 0 Å². The maximum absolute atomic E-state index is 12.9. The lowest BCUT2D eigenvalue weighted by Crippen LogP contribution is -2.64. The molecule has 0 bridgehead atoms. The van der Waals surface area contributed by atoms with E-state index >= 15 is 0 Å². The quantitative estimate of drug-likeness (QED) is 0.844. The van der Waals surface area contributed by atoms with Gasteiger partial charge < -0.3 is 4.74 Å². The van der Waals surface area contributed by atoms with Crippen LogP contribution in [0.2, 0.25) is 0 Å². The van der Waals surface area contributed by atoms with E-state index in [-0.39, 0.29) is 23.1 Å². The number of nitrogens with one attached hydrogen (secondary N) is 1. The van der Waals surface area contributed by atoms with Crippen molar-refractivity contribution in [3.63, 3.8) is 0 Å². The molecule has 0 amide bonds. The van der Waals surface area contributed by atoms with Crippen molar-refractivity contribution < 1.29 is 17.5 Å². The first kappa shape index (κ1) is 17.8. The van der Waals surface area contributed by atoms with Gasteiger partial charge in [-0.3, -0.25) is 4.90 Å². The first-order valence-corrected chi connectivity index (χ1v) is 10.1. The first-order chi connectivity index (χ1) is 11.4. The van der Waals surface area contributed by atoms with Crippen molar-refractivity contribution in [3.05, 3.63) is 35.6 Å². The van der Waals surface area contributed by atoms with Gasteiger partial charge in [0.2, 0.25) is 10.0 Å². The molecule has 1 N–H and O–H groups in total. The molecule has 0 saturated carbocycles. The molecule has 1 aromatic carbocycles. The lowest BCUT2D eigenvalue weighted by atomic mass is 9.83. The number of ether oxygens (including phenoxy) is 1. The zero-order valence-corrected chi connectivity index (χ0v) is 14.8. The third-order valence-corrected chi connectivity index (χ3v) is 6.31. The van der Waals surface area contributed by atoms with Crippen LogP contribution in [0.5, 0.6) is 0 Å². The van der Waals surface area contributed by atoms with Gasteiger partial charge in [-0.1, -0.05) is 12.1 Å². The normalized spacial score (nSPS) is 24.0. The van der Waals surface area contributed by atoms with Gasteiger partial charge in [-0.25, -0.2) is 17.5 Å². The molecule has 7 heteroatoms. The Morgan fingerprint density at radius 2 is 2.04 bits per heavy atom. The van der Waals surface area contributed by atoms with E-state index in [1.165, 1.54) is 12.1 Å². The van der Waals surface area contributed by atoms with Gasteiger partial charge >= 0.3 is 0 Å². The van der Waals surface area contributed by atoms with E-state index in [1.807, 2.05) is 12.1 Å². The van der Waals surface area contributed by atoms with E-state index in [0.29, 0.717) is 13.2 Å². The minimum atomic E-state index is -3.13. The molecule has 2 aliphatic heterocycles. The Labute approximate surface area is 143 Å². The number of halogens is 1. The summed E-state index contributed by atoms with van der Waals surface area (Å²) in [6, 6.07) is 6.61. The molecule has 2 fully saturated rings. The summed E-state index contributed by atoms with van der Waals surface area (Å²) in [7, 11) is -3.13. The van der Waals surface area contributed by atoms with Crippen LogP contribution in [0.25, 0.3) is 0 Å². The van der Waals surface area contributed by atoms with Crippen molar-refractivity contribution >= 4 is 10.0 Å². The zero-order chi connectivity index (χ0) is 17.2. The van der Waals surface area contributed by atoms with Gasteiger partial charge in [0, 0.05) is 26.2 Å². The highest BCUT2D eigenvalue weighted by Crippen LogP contribution is 2.36. The molecule has 134 valence electrons. The molecule has 1 aromatic rings. The molecule has 5 nitrogen and oxygen atoms in total. The molecular formula is C17H25FN2O3S. The smallest absolute Gasteiger partial charge is 0.211 e. The van der Waals surface area contributed by atoms with E-state index in [4.69, 9.17) is 4.74 Å². The van der Waals surface area contributed by atoms with Crippen molar-refractivity contribution in [1.29, 1.82) is 0 Å². The Kier molecular flexibility index (Phi) is 5.24. The van der Waals surface area contributed by atoms with E-state index in [2.05, 4.69) is 9.62 Å². The van der Waals surface area contributed by atoms with Crippen molar-refractivity contribution in [2.24, 2.45) is 5.92 Å². The maximum Gasteiger partial charge on any atom is 0.211 e. The summed E-state index contributed by atoms with van der Waals surface area (Å²) in [5.74, 6) is 0.158. The minimum absolute atomic E-state index is 0.0693. The molecule has 0 radical (unpaired) electrons. The molecular weight excluding hydrogens is 331 g/mol. The predicted molar refractivity (Wildman–Crippen MR) is 90.5 cm³/mol. The van der Waals surface area contributed by atoms with Crippen LogP contribution in [0.3, 0.4) is 0 Å². The summed E-state index contributed by atoms with van der Waals surface area (Å²) in [6.07, 6.45) is 1.95. The summed E-state index contributed by atoms with van der Waals surface area (Å²) in [5.41, 5.74) is 1.04. The fourth-order valence-corrected chi connectivity index (χ4v) is 4.10. The second-order valence-corrected chi connectivity index (χ2v) is 9.02. The molecule has 0 aromatic heterocycles. The minimum Gasteiger partial charge on any atom is -0.372 e. The van der Waals surface area contributed by atoms with Crippen LogP contribution in [0, 0.1) is 11.7 Å². The van der Waals surface area contributed by atoms with Crippen molar-refractivity contribution in [2.45, 2.75) is 31.9 Å². The highest BCUT2D eigenvalue weighted by Gasteiger charge is 2.46. The number of benzene rings is 1. The standard InChI is InChI=1S/C17H25FN2O3S/c1-2-24(21,22)19-9-15-7-8-17(23-11-15)12-20(13-17)10-14-3-5-16(18)6-4-14/h3-6,15,19H,2,7-13H2,1H3. The Hall–Kier alpha value is -1.02. The van der Waals surface area contributed by atoms with Crippen LogP contribution in [-0.2, 0) is 21.3 Å². The van der Waals surface area contributed by atoms with Crippen LogP contribution in [-0.4, -0.2) is 50.9 Å². The van der Waals surface area contributed by atoms with Crippen LogP contribution in [0.15, 0.2) is 24.3 Å². The summed E-state index contributed by atoms with van der Waals surface area (Å²) in [5, 5.41) is 0. The van der Waals surface area contributed by atoms with Gasteiger partial charge in [-0.05, 0) is 43.4 Å². The van der Waals surface area contributed by atoms with Crippen LogP contribution in [0.1, 0.15) is 25.3 Å². The SMILES string of the molecule is CCS(=O)(=O)NCC1CCC2(CN(Cc3ccc(F)cc3)C2)OC1. The highest BCUT2D eigenvalue weighted by molar-refractivity contribution is 7.89. The van der Waals surface area contributed by atoms with Crippen LogP contribution < -0.4 is 4.72 Å².